The third-order valence-electron chi connectivity index (χ3n) is 7.04. The Morgan fingerprint density at radius 1 is 0.763 bits per heavy atom. The maximum absolute atomic E-state index is 14.3. The topological polar surface area (TPSA) is 96.0 Å². The van der Waals surface area contributed by atoms with Crippen LogP contribution in [0.2, 0.25) is 0 Å². The van der Waals surface area contributed by atoms with E-state index in [1.807, 2.05) is 30.3 Å². The quantitative estimate of drug-likeness (QED) is 0.159. The van der Waals surface area contributed by atoms with Gasteiger partial charge < -0.3 is 0 Å². The third-order valence-corrected chi connectivity index (χ3v) is 15.9. The summed E-state index contributed by atoms with van der Waals surface area (Å²) in [6, 6.07) is 13.7. The molecule has 2 aromatic carbocycles. The standard InChI is InChI=1S/C29H43O7PS/c1-6-9-19-37(20-10-7-2,21-11-8-3,23-24-15-13-12-14-16-24)36-38(32,33)27-22-25(28(30)34-4)17-18-26(27)29(31)35-5/h12-18,22H,6-11,19-21,23H2,1-5H3. The fraction of sp³-hybridized carbons (Fsp3) is 0.517. The molecule has 0 saturated carbocycles. The molecule has 0 atom stereocenters. The molecule has 0 radical (unpaired) electrons. The number of methoxy groups -OCH3 is 2. The first kappa shape index (κ1) is 31.9. The summed E-state index contributed by atoms with van der Waals surface area (Å²) in [5.41, 5.74) is 0.888. The number of hydrogen-bond acceptors (Lipinski definition) is 7. The monoisotopic (exact) mass is 566 g/mol. The van der Waals surface area contributed by atoms with E-state index in [0.717, 1.165) is 44.1 Å². The van der Waals surface area contributed by atoms with E-state index < -0.39 is 28.9 Å². The molecule has 0 saturated heterocycles. The molecule has 0 aliphatic carbocycles. The Bertz CT molecular complexity index is 1150. The molecule has 0 amide bonds. The SMILES string of the molecule is CCCCP(CCCC)(CCCC)(Cc1ccccc1)OS(=O)(=O)c1cc(C(=O)OC)ccc1C(=O)OC. The minimum absolute atomic E-state index is 0.0152. The fourth-order valence-corrected chi connectivity index (χ4v) is 15.0. The van der Waals surface area contributed by atoms with Crippen LogP contribution in [0.4, 0.5) is 0 Å². The van der Waals surface area contributed by atoms with E-state index in [-0.39, 0.29) is 16.0 Å². The van der Waals surface area contributed by atoms with Gasteiger partial charge in [-0.1, -0.05) is 0 Å². The Morgan fingerprint density at radius 2 is 1.29 bits per heavy atom. The molecule has 0 fully saturated rings. The van der Waals surface area contributed by atoms with Crippen molar-refractivity contribution in [3.05, 3.63) is 65.2 Å². The summed E-state index contributed by atoms with van der Waals surface area (Å²) in [7, 11) is -2.08. The molecule has 0 spiro atoms. The van der Waals surface area contributed by atoms with Gasteiger partial charge in [-0.3, -0.25) is 0 Å². The molecule has 7 nitrogen and oxygen atoms in total. The zero-order valence-electron chi connectivity index (χ0n) is 23.4. The molecular formula is C29H43O7PS. The number of rotatable bonds is 16. The van der Waals surface area contributed by atoms with Crippen molar-refractivity contribution in [2.45, 2.75) is 70.4 Å². The van der Waals surface area contributed by atoms with Crippen molar-refractivity contribution in [1.29, 1.82) is 0 Å². The van der Waals surface area contributed by atoms with Crippen molar-refractivity contribution in [1.82, 2.24) is 0 Å². The Kier molecular flexibility index (Phi) is 11.9. The maximum atomic E-state index is 14.3. The molecule has 38 heavy (non-hydrogen) atoms. The average molecular weight is 567 g/mol. The van der Waals surface area contributed by atoms with Gasteiger partial charge in [-0.2, -0.15) is 0 Å². The minimum atomic E-state index is -4.49. The Labute approximate surface area is 228 Å². The van der Waals surface area contributed by atoms with E-state index in [2.05, 4.69) is 20.8 Å². The van der Waals surface area contributed by atoms with E-state index in [1.165, 1.54) is 32.4 Å². The Morgan fingerprint density at radius 3 is 1.76 bits per heavy atom. The molecule has 0 heterocycles. The summed E-state index contributed by atoms with van der Waals surface area (Å²) in [6.45, 7) is 2.82. The van der Waals surface area contributed by atoms with E-state index >= 15 is 0 Å². The first-order valence-electron chi connectivity index (χ1n) is 13.4. The third kappa shape index (κ3) is 7.87. The summed E-state index contributed by atoms with van der Waals surface area (Å²) >= 11 is 0. The van der Waals surface area contributed by atoms with Gasteiger partial charge in [-0.15, -0.1) is 0 Å². The van der Waals surface area contributed by atoms with Gasteiger partial charge in [0, 0.05) is 0 Å². The van der Waals surface area contributed by atoms with Crippen LogP contribution in [0.25, 0.3) is 0 Å². The van der Waals surface area contributed by atoms with Gasteiger partial charge in [0.2, 0.25) is 0 Å². The first-order chi connectivity index (χ1) is 18.1. The van der Waals surface area contributed by atoms with E-state index in [1.54, 1.807) is 0 Å². The summed E-state index contributed by atoms with van der Waals surface area (Å²) < 4.78 is 44.9. The Hall–Kier alpha value is -2.28. The number of hydrogen-bond donors (Lipinski definition) is 0. The molecule has 9 heteroatoms. The average Bonchev–Trinajstić information content (AvgIpc) is 2.93. The van der Waals surface area contributed by atoms with Gasteiger partial charge in [0.15, 0.2) is 0 Å². The van der Waals surface area contributed by atoms with E-state index in [0.29, 0.717) is 24.6 Å². The molecule has 0 unspecified atom stereocenters. The predicted molar refractivity (Wildman–Crippen MR) is 154 cm³/mol. The van der Waals surface area contributed by atoms with Crippen LogP contribution in [-0.2, 0) is 29.7 Å². The van der Waals surface area contributed by atoms with E-state index in [4.69, 9.17) is 13.4 Å². The van der Waals surface area contributed by atoms with Crippen molar-refractivity contribution >= 4 is 28.9 Å². The number of carbonyl (C=O) groups excluding carboxylic acids is 2. The van der Waals surface area contributed by atoms with Gasteiger partial charge in [-0.05, 0) is 0 Å². The molecule has 0 N–H and O–H groups in total. The molecule has 0 bridgehead atoms. The fourth-order valence-electron chi connectivity index (χ4n) is 5.00. The van der Waals surface area contributed by atoms with Crippen LogP contribution < -0.4 is 0 Å². The van der Waals surface area contributed by atoms with Crippen LogP contribution >= 0.6 is 6.83 Å². The normalized spacial score (nSPS) is 12.9. The number of carbonyl (C=O) groups is 2. The molecule has 0 aliphatic heterocycles. The number of benzene rings is 2. The molecule has 0 aliphatic rings. The van der Waals surface area contributed by atoms with Crippen LogP contribution in [0.5, 0.6) is 0 Å². The number of esters is 2. The number of ether oxygens (including phenoxy) is 2. The summed E-state index contributed by atoms with van der Waals surface area (Å²) in [5, 5.41) is 0. The summed E-state index contributed by atoms with van der Waals surface area (Å²) in [4.78, 5) is 24.6. The van der Waals surface area contributed by atoms with Crippen LogP contribution in [0, 0.1) is 0 Å². The first-order valence-corrected chi connectivity index (χ1v) is 17.7. The number of unbranched alkanes of at least 4 members (excludes halogenated alkanes) is 3. The van der Waals surface area contributed by atoms with E-state index in [9.17, 15) is 18.0 Å². The molecule has 212 valence electrons. The van der Waals surface area contributed by atoms with Crippen LogP contribution in [0.3, 0.4) is 0 Å². The van der Waals surface area contributed by atoms with Gasteiger partial charge in [-0.25, -0.2) is 0 Å². The van der Waals surface area contributed by atoms with Gasteiger partial charge in [0.05, 0.1) is 0 Å². The second-order valence-electron chi connectivity index (χ2n) is 9.96. The molecule has 2 rings (SSSR count). The van der Waals surface area contributed by atoms with Crippen molar-refractivity contribution < 1.29 is 31.5 Å². The second-order valence-corrected chi connectivity index (χ2v) is 17.3. The molecular weight excluding hydrogens is 523 g/mol. The summed E-state index contributed by atoms with van der Waals surface area (Å²) in [6.07, 6.45) is 7.75. The van der Waals surface area contributed by atoms with Gasteiger partial charge >= 0.3 is 229 Å². The zero-order chi connectivity index (χ0) is 28.3. The summed E-state index contributed by atoms with van der Waals surface area (Å²) in [5.74, 6) is -1.52. The molecule has 2 aromatic rings. The van der Waals surface area contributed by atoms with Crippen LogP contribution in [0.1, 0.15) is 85.6 Å². The van der Waals surface area contributed by atoms with Crippen molar-refractivity contribution in [3.8, 4) is 0 Å². The van der Waals surface area contributed by atoms with Gasteiger partial charge in [0.25, 0.3) is 0 Å². The van der Waals surface area contributed by atoms with Crippen LogP contribution in [0.15, 0.2) is 53.4 Å². The second kappa shape index (κ2) is 14.2. The predicted octanol–water partition coefficient (Wildman–Crippen LogP) is 7.03. The zero-order valence-corrected chi connectivity index (χ0v) is 25.1. The van der Waals surface area contributed by atoms with Crippen LogP contribution in [-0.4, -0.2) is 53.1 Å². The van der Waals surface area contributed by atoms with Crippen molar-refractivity contribution in [2.24, 2.45) is 0 Å². The van der Waals surface area contributed by atoms with Crippen molar-refractivity contribution in [3.63, 3.8) is 0 Å². The van der Waals surface area contributed by atoms with Crippen molar-refractivity contribution in [2.75, 3.05) is 32.7 Å². The van der Waals surface area contributed by atoms with Gasteiger partial charge in [0.1, 0.15) is 0 Å². The Balaban J connectivity index is 2.83. The molecule has 0 aromatic heterocycles.